The molecule has 0 amide bonds. The van der Waals surface area contributed by atoms with Crippen LogP contribution in [0.4, 0.5) is 0 Å². The highest BCUT2D eigenvalue weighted by atomic mass is 16.5. The van der Waals surface area contributed by atoms with Crippen molar-refractivity contribution in [1.29, 1.82) is 0 Å². The summed E-state index contributed by atoms with van der Waals surface area (Å²) in [5, 5.41) is 10.2. The van der Waals surface area contributed by atoms with Crippen molar-refractivity contribution in [3.8, 4) is 11.5 Å². The fourth-order valence-corrected chi connectivity index (χ4v) is 2.61. The van der Waals surface area contributed by atoms with E-state index in [1.54, 1.807) is 14.2 Å². The fraction of sp³-hybridized carbons (Fsp3) is 0.500. The zero-order valence-electron chi connectivity index (χ0n) is 12.8. The number of rotatable bonds is 8. The molecule has 3 N–H and O–H groups in total. The summed E-state index contributed by atoms with van der Waals surface area (Å²) in [6, 6.07) is 4.02. The Bertz CT molecular complexity index is 543. The molecule has 0 aliphatic heterocycles. The van der Waals surface area contributed by atoms with Crippen molar-refractivity contribution in [2.24, 2.45) is 5.73 Å². The first-order chi connectivity index (χ1) is 10.2. The van der Waals surface area contributed by atoms with Gasteiger partial charge in [0.05, 0.1) is 19.7 Å². The highest BCUT2D eigenvalue weighted by Crippen LogP contribution is 2.35. The topological polar surface area (TPSA) is 69.6 Å². The zero-order valence-corrected chi connectivity index (χ0v) is 12.8. The Balaban J connectivity index is 2.51. The van der Waals surface area contributed by atoms with E-state index in [0.717, 1.165) is 42.8 Å². The van der Waals surface area contributed by atoms with Gasteiger partial charge >= 0.3 is 0 Å². The molecule has 0 spiro atoms. The van der Waals surface area contributed by atoms with E-state index in [1.807, 2.05) is 12.1 Å². The fourth-order valence-electron chi connectivity index (χ4n) is 2.61. The molecule has 0 aliphatic carbocycles. The Labute approximate surface area is 125 Å². The number of ether oxygens (including phenoxy) is 2. The van der Waals surface area contributed by atoms with Gasteiger partial charge in [-0.05, 0) is 37.4 Å². The lowest BCUT2D eigenvalue weighted by Gasteiger charge is -2.10. The van der Waals surface area contributed by atoms with Crippen molar-refractivity contribution in [2.75, 3.05) is 27.4 Å². The minimum absolute atomic E-state index is 0.186. The molecule has 0 atom stereocenters. The van der Waals surface area contributed by atoms with Crippen LogP contribution in [0.1, 0.15) is 18.4 Å². The second-order valence-corrected chi connectivity index (χ2v) is 5.04. The molecule has 1 heterocycles. The summed E-state index contributed by atoms with van der Waals surface area (Å²) in [5.41, 5.74) is 7.99. The maximum Gasteiger partial charge on any atom is 0.162 e. The molecule has 5 heteroatoms. The smallest absolute Gasteiger partial charge is 0.162 e. The van der Waals surface area contributed by atoms with Gasteiger partial charge in [0.1, 0.15) is 0 Å². The monoisotopic (exact) mass is 292 g/mol. The van der Waals surface area contributed by atoms with Crippen LogP contribution in [0.2, 0.25) is 0 Å². The number of benzene rings is 1. The maximum atomic E-state index is 9.06. The second kappa shape index (κ2) is 7.33. The molecular weight excluding hydrogens is 268 g/mol. The predicted molar refractivity (Wildman–Crippen MR) is 84.1 cm³/mol. The summed E-state index contributed by atoms with van der Waals surface area (Å²) in [7, 11) is 3.28. The van der Waals surface area contributed by atoms with Crippen molar-refractivity contribution in [3.63, 3.8) is 0 Å². The number of nitrogens with zero attached hydrogens (tertiary/aromatic N) is 1. The largest absolute Gasteiger partial charge is 0.493 e. The predicted octanol–water partition coefficient (Wildman–Crippen LogP) is 1.93. The number of nitrogens with two attached hydrogens (primary N) is 1. The number of methoxy groups -OCH3 is 2. The highest BCUT2D eigenvalue weighted by molar-refractivity contribution is 5.87. The summed E-state index contributed by atoms with van der Waals surface area (Å²) in [4.78, 5) is 0. The molecule has 0 saturated heterocycles. The van der Waals surface area contributed by atoms with Crippen LogP contribution in [0.5, 0.6) is 11.5 Å². The van der Waals surface area contributed by atoms with E-state index in [0.29, 0.717) is 6.54 Å². The Hall–Kier alpha value is -1.72. The molecule has 0 unspecified atom stereocenters. The van der Waals surface area contributed by atoms with Crippen LogP contribution in [0.3, 0.4) is 0 Å². The summed E-state index contributed by atoms with van der Waals surface area (Å²) in [6.07, 6.45) is 4.77. The van der Waals surface area contributed by atoms with Gasteiger partial charge in [0.2, 0.25) is 0 Å². The van der Waals surface area contributed by atoms with Gasteiger partial charge in [0, 0.05) is 30.8 Å². The summed E-state index contributed by atoms with van der Waals surface area (Å²) >= 11 is 0. The molecule has 1 aromatic heterocycles. The Morgan fingerprint density at radius 3 is 2.48 bits per heavy atom. The van der Waals surface area contributed by atoms with Gasteiger partial charge in [-0.2, -0.15) is 0 Å². The van der Waals surface area contributed by atoms with E-state index >= 15 is 0 Å². The molecule has 1 aromatic carbocycles. The van der Waals surface area contributed by atoms with Crippen LogP contribution in [-0.2, 0) is 13.0 Å². The number of hydrogen-bond donors (Lipinski definition) is 2. The lowest BCUT2D eigenvalue weighted by molar-refractivity contribution is 0.280. The Morgan fingerprint density at radius 1 is 1.14 bits per heavy atom. The van der Waals surface area contributed by atoms with Crippen molar-refractivity contribution in [2.45, 2.75) is 25.8 Å². The number of aromatic nitrogens is 1. The third-order valence-electron chi connectivity index (χ3n) is 3.68. The molecule has 2 rings (SSSR count). The van der Waals surface area contributed by atoms with Crippen molar-refractivity contribution in [1.82, 2.24) is 4.57 Å². The zero-order chi connectivity index (χ0) is 15.2. The number of aliphatic hydroxyl groups excluding tert-OH is 1. The van der Waals surface area contributed by atoms with E-state index in [1.165, 1.54) is 10.9 Å². The van der Waals surface area contributed by atoms with E-state index in [4.69, 9.17) is 20.3 Å². The maximum absolute atomic E-state index is 9.06. The first kappa shape index (κ1) is 15.7. The Morgan fingerprint density at radius 2 is 1.86 bits per heavy atom. The molecule has 21 heavy (non-hydrogen) atoms. The van der Waals surface area contributed by atoms with Crippen molar-refractivity contribution < 1.29 is 14.6 Å². The van der Waals surface area contributed by atoms with Gasteiger partial charge in [0.25, 0.3) is 0 Å². The molecular formula is C16H24N2O3. The van der Waals surface area contributed by atoms with Crippen molar-refractivity contribution >= 4 is 10.9 Å². The minimum atomic E-state index is 0.186. The molecule has 0 aliphatic rings. The van der Waals surface area contributed by atoms with Gasteiger partial charge in [0.15, 0.2) is 11.5 Å². The number of aliphatic hydroxyl groups is 1. The first-order valence-electron chi connectivity index (χ1n) is 7.29. The van der Waals surface area contributed by atoms with Gasteiger partial charge in [-0.15, -0.1) is 0 Å². The summed E-state index contributed by atoms with van der Waals surface area (Å²) < 4.78 is 12.9. The highest BCUT2D eigenvalue weighted by Gasteiger charge is 2.13. The third-order valence-corrected chi connectivity index (χ3v) is 3.68. The molecule has 0 radical (unpaired) electrons. The van der Waals surface area contributed by atoms with E-state index in [-0.39, 0.29) is 6.61 Å². The quantitative estimate of drug-likeness (QED) is 0.780. The van der Waals surface area contributed by atoms with Gasteiger partial charge in [-0.3, -0.25) is 0 Å². The number of hydrogen-bond acceptors (Lipinski definition) is 4. The average molecular weight is 292 g/mol. The number of fused-ring (bicyclic) bond motifs is 1. The van der Waals surface area contributed by atoms with E-state index < -0.39 is 0 Å². The van der Waals surface area contributed by atoms with Gasteiger partial charge < -0.3 is 24.9 Å². The van der Waals surface area contributed by atoms with Crippen LogP contribution in [0, 0.1) is 0 Å². The Kier molecular flexibility index (Phi) is 5.47. The number of aryl methyl sites for hydroxylation is 2. The minimum Gasteiger partial charge on any atom is -0.493 e. The second-order valence-electron chi connectivity index (χ2n) is 5.04. The molecule has 0 bridgehead atoms. The lowest BCUT2D eigenvalue weighted by atomic mass is 10.1. The summed E-state index contributed by atoms with van der Waals surface area (Å²) in [5.74, 6) is 1.46. The molecule has 116 valence electrons. The SMILES string of the molecule is COc1cc2c(CCCN)cn(CCCO)c2cc1OC. The molecule has 0 saturated carbocycles. The van der Waals surface area contributed by atoms with Crippen LogP contribution < -0.4 is 15.2 Å². The van der Waals surface area contributed by atoms with Crippen LogP contribution >= 0.6 is 0 Å². The van der Waals surface area contributed by atoms with Gasteiger partial charge in [-0.1, -0.05) is 0 Å². The van der Waals surface area contributed by atoms with Crippen LogP contribution in [0.15, 0.2) is 18.3 Å². The van der Waals surface area contributed by atoms with E-state index in [2.05, 4.69) is 10.8 Å². The third kappa shape index (κ3) is 3.31. The lowest BCUT2D eigenvalue weighted by Crippen LogP contribution is -2.00. The summed E-state index contributed by atoms with van der Waals surface area (Å²) in [6.45, 7) is 1.65. The normalized spacial score (nSPS) is 11.0. The van der Waals surface area contributed by atoms with E-state index in [9.17, 15) is 0 Å². The van der Waals surface area contributed by atoms with Gasteiger partial charge in [-0.25, -0.2) is 0 Å². The molecule has 2 aromatic rings. The van der Waals surface area contributed by atoms with Crippen LogP contribution in [-0.4, -0.2) is 37.0 Å². The molecule has 5 nitrogen and oxygen atoms in total. The first-order valence-corrected chi connectivity index (χ1v) is 7.29. The average Bonchev–Trinajstić information content (AvgIpc) is 2.86. The molecule has 0 fully saturated rings. The van der Waals surface area contributed by atoms with Crippen molar-refractivity contribution in [3.05, 3.63) is 23.9 Å². The van der Waals surface area contributed by atoms with Crippen LogP contribution in [0.25, 0.3) is 10.9 Å². The standard InChI is InChI=1S/C16H24N2O3/c1-20-15-9-13-12(5-3-6-17)11-18(7-4-8-19)14(13)10-16(15)21-2/h9-11,19H,3-8,17H2,1-2H3.